The SMILES string of the molecule is CNC(=O)[C@@H]1CN(C(=O)COC(=O)c2ccc(Cl)c(S(=O)(=O)N(C)C)c2)c2ccccc2O1. The van der Waals surface area contributed by atoms with Crippen molar-refractivity contribution < 1.29 is 32.3 Å². The second-order valence-electron chi connectivity index (χ2n) is 7.20. The average molecular weight is 496 g/mol. The van der Waals surface area contributed by atoms with Gasteiger partial charge in [0.1, 0.15) is 10.6 Å². The number of benzene rings is 2. The molecule has 12 heteroatoms. The fourth-order valence-corrected chi connectivity index (χ4v) is 4.48. The number of carbonyl (C=O) groups excluding carboxylic acids is 3. The summed E-state index contributed by atoms with van der Waals surface area (Å²) in [7, 11) is 0.230. The van der Waals surface area contributed by atoms with Gasteiger partial charge >= 0.3 is 5.97 Å². The Morgan fingerprint density at radius 2 is 1.91 bits per heavy atom. The number of ether oxygens (including phenoxy) is 2. The van der Waals surface area contributed by atoms with Gasteiger partial charge in [-0.25, -0.2) is 17.5 Å². The number of hydrogen-bond donors (Lipinski definition) is 1. The molecule has 0 aliphatic carbocycles. The third-order valence-corrected chi connectivity index (χ3v) is 7.16. The summed E-state index contributed by atoms with van der Waals surface area (Å²) in [5.74, 6) is -1.55. The van der Waals surface area contributed by atoms with Crippen molar-refractivity contribution in [1.82, 2.24) is 9.62 Å². The van der Waals surface area contributed by atoms with Gasteiger partial charge in [0.05, 0.1) is 22.8 Å². The number of halogens is 1. The number of nitrogens with one attached hydrogen (secondary N) is 1. The van der Waals surface area contributed by atoms with Crippen LogP contribution in [0, 0.1) is 0 Å². The molecule has 0 spiro atoms. The molecular weight excluding hydrogens is 474 g/mol. The van der Waals surface area contributed by atoms with E-state index in [9.17, 15) is 22.8 Å². The smallest absolute Gasteiger partial charge is 0.338 e. The van der Waals surface area contributed by atoms with Crippen LogP contribution in [0.1, 0.15) is 10.4 Å². The highest BCUT2D eigenvalue weighted by atomic mass is 35.5. The Hall–Kier alpha value is -3.15. The Balaban J connectivity index is 1.77. The van der Waals surface area contributed by atoms with Crippen molar-refractivity contribution in [2.24, 2.45) is 0 Å². The maximum Gasteiger partial charge on any atom is 0.338 e. The summed E-state index contributed by atoms with van der Waals surface area (Å²) in [6.07, 6.45) is -0.931. The molecule has 0 saturated carbocycles. The molecule has 0 saturated heterocycles. The first-order valence-corrected chi connectivity index (χ1v) is 11.5. The second-order valence-corrected chi connectivity index (χ2v) is 9.73. The Morgan fingerprint density at radius 1 is 1.21 bits per heavy atom. The van der Waals surface area contributed by atoms with Gasteiger partial charge in [-0.15, -0.1) is 0 Å². The molecule has 33 heavy (non-hydrogen) atoms. The van der Waals surface area contributed by atoms with Crippen LogP contribution in [-0.2, 0) is 24.3 Å². The monoisotopic (exact) mass is 495 g/mol. The molecule has 1 heterocycles. The Morgan fingerprint density at radius 3 is 2.58 bits per heavy atom. The van der Waals surface area contributed by atoms with Crippen LogP contribution in [-0.4, -0.2) is 70.9 Å². The third-order valence-electron chi connectivity index (χ3n) is 4.87. The van der Waals surface area contributed by atoms with Gasteiger partial charge in [-0.2, -0.15) is 0 Å². The highest BCUT2D eigenvalue weighted by molar-refractivity contribution is 7.89. The third kappa shape index (κ3) is 5.10. The fraction of sp³-hybridized carbons (Fsp3) is 0.286. The van der Waals surface area contributed by atoms with Crippen LogP contribution in [0.3, 0.4) is 0 Å². The van der Waals surface area contributed by atoms with Crippen LogP contribution in [0.5, 0.6) is 5.75 Å². The molecule has 1 atom stereocenters. The minimum absolute atomic E-state index is 0.0542. The molecule has 10 nitrogen and oxygen atoms in total. The van der Waals surface area contributed by atoms with E-state index in [0.29, 0.717) is 11.4 Å². The van der Waals surface area contributed by atoms with Gasteiger partial charge in [0.2, 0.25) is 10.0 Å². The number of hydrogen-bond acceptors (Lipinski definition) is 7. The number of para-hydroxylation sites is 2. The van der Waals surface area contributed by atoms with Crippen molar-refractivity contribution in [2.45, 2.75) is 11.0 Å². The van der Waals surface area contributed by atoms with Crippen LogP contribution >= 0.6 is 11.6 Å². The molecule has 1 aliphatic heterocycles. The number of sulfonamides is 1. The summed E-state index contributed by atoms with van der Waals surface area (Å²) in [5.41, 5.74) is 0.350. The molecule has 1 N–H and O–H groups in total. The van der Waals surface area contributed by atoms with Gasteiger partial charge in [-0.1, -0.05) is 23.7 Å². The highest BCUT2D eigenvalue weighted by Gasteiger charge is 2.33. The summed E-state index contributed by atoms with van der Waals surface area (Å²) in [6, 6.07) is 10.3. The van der Waals surface area contributed by atoms with Crippen LogP contribution in [0.15, 0.2) is 47.4 Å². The van der Waals surface area contributed by atoms with Crippen molar-refractivity contribution in [3.05, 3.63) is 53.1 Å². The lowest BCUT2D eigenvalue weighted by molar-refractivity contribution is -0.128. The molecule has 0 bridgehead atoms. The number of nitrogens with zero attached hydrogens (tertiary/aromatic N) is 2. The van der Waals surface area contributed by atoms with E-state index < -0.39 is 40.5 Å². The van der Waals surface area contributed by atoms with Crippen LogP contribution < -0.4 is 15.0 Å². The summed E-state index contributed by atoms with van der Waals surface area (Å²) in [5, 5.41) is 2.42. The number of fused-ring (bicyclic) bond motifs is 1. The molecule has 3 rings (SSSR count). The normalized spacial score (nSPS) is 15.4. The van der Waals surface area contributed by atoms with Crippen LogP contribution in [0.2, 0.25) is 5.02 Å². The van der Waals surface area contributed by atoms with Crippen molar-refractivity contribution in [2.75, 3.05) is 39.2 Å². The molecule has 0 fully saturated rings. The minimum atomic E-state index is -3.90. The average Bonchev–Trinajstić information content (AvgIpc) is 2.80. The predicted octanol–water partition coefficient (Wildman–Crippen LogP) is 1.29. The Bertz CT molecular complexity index is 1200. The van der Waals surface area contributed by atoms with E-state index in [1.54, 1.807) is 24.3 Å². The molecule has 2 aromatic rings. The number of amides is 2. The van der Waals surface area contributed by atoms with E-state index in [2.05, 4.69) is 5.32 Å². The Labute approximate surface area is 196 Å². The first-order valence-electron chi connectivity index (χ1n) is 9.73. The standard InChI is InChI=1S/C21H22ClN3O7S/c1-23-20(27)17-11-25(15-6-4-5-7-16(15)32-17)19(26)12-31-21(28)13-8-9-14(22)18(10-13)33(29,30)24(2)3/h4-10,17H,11-12H2,1-3H3,(H,23,27)/t17-/m0/s1. The molecule has 2 amide bonds. The van der Waals surface area contributed by atoms with E-state index >= 15 is 0 Å². The summed E-state index contributed by atoms with van der Waals surface area (Å²) < 4.78 is 36.6. The summed E-state index contributed by atoms with van der Waals surface area (Å²) >= 11 is 5.99. The molecule has 0 radical (unpaired) electrons. The lowest BCUT2D eigenvalue weighted by atomic mass is 10.1. The lowest BCUT2D eigenvalue weighted by Gasteiger charge is -2.33. The van der Waals surface area contributed by atoms with Gasteiger partial charge in [-0.05, 0) is 30.3 Å². The van der Waals surface area contributed by atoms with Gasteiger partial charge in [0.15, 0.2) is 12.7 Å². The zero-order valence-electron chi connectivity index (χ0n) is 18.1. The number of esters is 1. The first kappa shape index (κ1) is 24.5. The van der Waals surface area contributed by atoms with Crippen LogP contribution in [0.25, 0.3) is 0 Å². The van der Waals surface area contributed by atoms with Gasteiger partial charge < -0.3 is 19.7 Å². The number of carbonyl (C=O) groups is 3. The minimum Gasteiger partial charge on any atom is -0.477 e. The number of likely N-dealkylation sites (N-methyl/N-ethyl adjacent to an activating group) is 1. The molecular formula is C21H22ClN3O7S. The van der Waals surface area contributed by atoms with E-state index in [1.165, 1.54) is 38.2 Å². The predicted molar refractivity (Wildman–Crippen MR) is 120 cm³/mol. The quantitative estimate of drug-likeness (QED) is 0.599. The second kappa shape index (κ2) is 9.77. The lowest BCUT2D eigenvalue weighted by Crippen LogP contribution is -2.51. The molecule has 176 valence electrons. The topological polar surface area (TPSA) is 122 Å². The van der Waals surface area contributed by atoms with Crippen molar-refractivity contribution in [3.8, 4) is 5.75 Å². The largest absolute Gasteiger partial charge is 0.477 e. The summed E-state index contributed by atoms with van der Waals surface area (Å²) in [6.45, 7) is -0.703. The Kier molecular flexibility index (Phi) is 7.25. The number of anilines is 1. The number of rotatable bonds is 6. The van der Waals surface area contributed by atoms with E-state index in [0.717, 1.165) is 10.4 Å². The summed E-state index contributed by atoms with van der Waals surface area (Å²) in [4.78, 5) is 38.5. The van der Waals surface area contributed by atoms with Gasteiger partial charge in [-0.3, -0.25) is 9.59 Å². The maximum absolute atomic E-state index is 12.9. The zero-order chi connectivity index (χ0) is 24.3. The van der Waals surface area contributed by atoms with Crippen molar-refractivity contribution in [3.63, 3.8) is 0 Å². The molecule has 0 aromatic heterocycles. The van der Waals surface area contributed by atoms with Crippen molar-refractivity contribution >= 4 is 45.1 Å². The van der Waals surface area contributed by atoms with E-state index in [4.69, 9.17) is 21.1 Å². The molecule has 1 aliphatic rings. The van der Waals surface area contributed by atoms with Gasteiger partial charge in [0, 0.05) is 21.1 Å². The molecule has 2 aromatic carbocycles. The van der Waals surface area contributed by atoms with Crippen LogP contribution in [0.4, 0.5) is 5.69 Å². The fourth-order valence-electron chi connectivity index (χ4n) is 3.08. The highest BCUT2D eigenvalue weighted by Crippen LogP contribution is 2.33. The maximum atomic E-state index is 12.9. The molecule has 0 unspecified atom stereocenters. The van der Waals surface area contributed by atoms with Crippen molar-refractivity contribution in [1.29, 1.82) is 0 Å². The first-order chi connectivity index (χ1) is 15.6. The van der Waals surface area contributed by atoms with E-state index in [1.807, 2.05) is 0 Å². The zero-order valence-corrected chi connectivity index (χ0v) is 19.6. The van der Waals surface area contributed by atoms with Gasteiger partial charge in [0.25, 0.3) is 11.8 Å². The van der Waals surface area contributed by atoms with E-state index in [-0.39, 0.29) is 22.0 Å².